The second kappa shape index (κ2) is 6.81. The number of rotatable bonds is 7. The molecule has 0 atom stereocenters. The molecule has 0 saturated heterocycles. The highest BCUT2D eigenvalue weighted by molar-refractivity contribution is 9.10. The summed E-state index contributed by atoms with van der Waals surface area (Å²) in [5.74, 6) is 0. The van der Waals surface area contributed by atoms with Gasteiger partial charge in [0.1, 0.15) is 11.9 Å². The normalized spacial score (nSPS) is 11.4. The molecule has 0 aliphatic rings. The number of anilines is 1. The van der Waals surface area contributed by atoms with Gasteiger partial charge in [0, 0.05) is 26.5 Å². The van der Waals surface area contributed by atoms with E-state index >= 15 is 0 Å². The summed E-state index contributed by atoms with van der Waals surface area (Å²) < 4.78 is 5.65. The van der Waals surface area contributed by atoms with Crippen LogP contribution in [0.2, 0.25) is 0 Å². The SMILES string of the molecule is COCCC(C)(C)CNc1c(Br)cncc1[N+](=O)[O-]. The van der Waals surface area contributed by atoms with Crippen LogP contribution in [0.15, 0.2) is 16.9 Å². The molecule has 19 heavy (non-hydrogen) atoms. The van der Waals surface area contributed by atoms with E-state index in [1.807, 2.05) is 0 Å². The number of nitrogens with one attached hydrogen (secondary N) is 1. The Morgan fingerprint density at radius 1 is 1.53 bits per heavy atom. The minimum atomic E-state index is -0.442. The monoisotopic (exact) mass is 331 g/mol. The lowest BCUT2D eigenvalue weighted by molar-refractivity contribution is -0.384. The van der Waals surface area contributed by atoms with Gasteiger partial charge in [0.25, 0.3) is 0 Å². The lowest BCUT2D eigenvalue weighted by atomic mass is 9.89. The summed E-state index contributed by atoms with van der Waals surface area (Å²) in [6, 6.07) is 0. The van der Waals surface area contributed by atoms with Gasteiger partial charge in [-0.25, -0.2) is 0 Å². The molecule has 1 N–H and O–H groups in total. The van der Waals surface area contributed by atoms with Gasteiger partial charge in [0.2, 0.25) is 0 Å². The third-order valence-electron chi connectivity index (χ3n) is 2.80. The van der Waals surface area contributed by atoms with E-state index < -0.39 is 4.92 Å². The summed E-state index contributed by atoms with van der Waals surface area (Å²) in [7, 11) is 1.66. The molecule has 6 nitrogen and oxygen atoms in total. The Hall–Kier alpha value is -1.21. The van der Waals surface area contributed by atoms with Crippen LogP contribution in [-0.4, -0.2) is 30.2 Å². The highest BCUT2D eigenvalue weighted by Gasteiger charge is 2.22. The number of aromatic nitrogens is 1. The molecule has 0 fully saturated rings. The van der Waals surface area contributed by atoms with E-state index in [0.717, 1.165) is 6.42 Å². The van der Waals surface area contributed by atoms with Crippen molar-refractivity contribution in [2.75, 3.05) is 25.6 Å². The van der Waals surface area contributed by atoms with Crippen LogP contribution in [0.25, 0.3) is 0 Å². The van der Waals surface area contributed by atoms with Crippen LogP contribution in [-0.2, 0) is 4.74 Å². The van der Waals surface area contributed by atoms with Crippen molar-refractivity contribution in [3.8, 4) is 0 Å². The Morgan fingerprint density at radius 3 is 2.79 bits per heavy atom. The molecule has 0 aromatic carbocycles. The van der Waals surface area contributed by atoms with Crippen molar-refractivity contribution in [2.24, 2.45) is 5.41 Å². The van der Waals surface area contributed by atoms with Crippen LogP contribution in [0.5, 0.6) is 0 Å². The summed E-state index contributed by atoms with van der Waals surface area (Å²) in [5, 5.41) is 14.1. The summed E-state index contributed by atoms with van der Waals surface area (Å²) in [4.78, 5) is 14.3. The molecule has 0 saturated carbocycles. The molecule has 0 aliphatic carbocycles. The fourth-order valence-corrected chi connectivity index (χ4v) is 1.99. The lowest BCUT2D eigenvalue weighted by Gasteiger charge is -2.25. The van der Waals surface area contributed by atoms with Crippen molar-refractivity contribution < 1.29 is 9.66 Å². The molecule has 1 aromatic heterocycles. The molecule has 0 bridgehead atoms. The van der Waals surface area contributed by atoms with Crippen LogP contribution in [0.3, 0.4) is 0 Å². The Bertz CT molecular complexity index is 452. The van der Waals surface area contributed by atoms with Crippen molar-refractivity contribution >= 4 is 27.3 Å². The molecule has 0 unspecified atom stereocenters. The Balaban J connectivity index is 2.80. The third-order valence-corrected chi connectivity index (χ3v) is 3.40. The first kappa shape index (κ1) is 15.8. The largest absolute Gasteiger partial charge is 0.385 e. The molecule has 106 valence electrons. The number of halogens is 1. The van der Waals surface area contributed by atoms with Gasteiger partial charge in [-0.05, 0) is 27.8 Å². The molecule has 7 heteroatoms. The Labute approximate surface area is 120 Å². The molecular weight excluding hydrogens is 314 g/mol. The van der Waals surface area contributed by atoms with E-state index in [2.05, 4.69) is 40.1 Å². The molecule has 1 heterocycles. The van der Waals surface area contributed by atoms with Gasteiger partial charge in [0.15, 0.2) is 0 Å². The van der Waals surface area contributed by atoms with Gasteiger partial charge < -0.3 is 10.1 Å². The number of methoxy groups -OCH3 is 1. The predicted molar refractivity (Wildman–Crippen MR) is 77.4 cm³/mol. The summed E-state index contributed by atoms with van der Waals surface area (Å²) >= 11 is 3.28. The minimum Gasteiger partial charge on any atom is -0.385 e. The molecule has 0 radical (unpaired) electrons. The first-order valence-corrected chi connectivity index (χ1v) is 6.67. The van der Waals surface area contributed by atoms with E-state index in [-0.39, 0.29) is 11.1 Å². The van der Waals surface area contributed by atoms with Gasteiger partial charge in [-0.1, -0.05) is 13.8 Å². The minimum absolute atomic E-state index is 0.0212. The molecule has 1 aromatic rings. The molecular formula is C12H18BrN3O3. The molecule has 0 aliphatic heterocycles. The lowest BCUT2D eigenvalue weighted by Crippen LogP contribution is -2.25. The number of nitrogens with zero attached hydrogens (tertiary/aromatic N) is 2. The number of hydrogen-bond acceptors (Lipinski definition) is 5. The first-order valence-electron chi connectivity index (χ1n) is 5.88. The highest BCUT2D eigenvalue weighted by atomic mass is 79.9. The fourth-order valence-electron chi connectivity index (χ4n) is 1.53. The van der Waals surface area contributed by atoms with Gasteiger partial charge in [0.05, 0.1) is 9.40 Å². The first-order chi connectivity index (χ1) is 8.87. The second-order valence-corrected chi connectivity index (χ2v) is 5.89. The molecule has 0 spiro atoms. The molecule has 1 rings (SSSR count). The van der Waals surface area contributed by atoms with E-state index in [9.17, 15) is 10.1 Å². The van der Waals surface area contributed by atoms with Crippen LogP contribution in [0.1, 0.15) is 20.3 Å². The average molecular weight is 332 g/mol. The fraction of sp³-hybridized carbons (Fsp3) is 0.583. The zero-order chi connectivity index (χ0) is 14.5. The average Bonchev–Trinajstić information content (AvgIpc) is 2.34. The van der Waals surface area contributed by atoms with Crippen LogP contribution >= 0.6 is 15.9 Å². The van der Waals surface area contributed by atoms with Gasteiger partial charge in [-0.3, -0.25) is 15.1 Å². The van der Waals surface area contributed by atoms with Gasteiger partial charge in [-0.2, -0.15) is 0 Å². The second-order valence-electron chi connectivity index (χ2n) is 5.03. The maximum Gasteiger partial charge on any atom is 0.311 e. The maximum atomic E-state index is 11.0. The van der Waals surface area contributed by atoms with Crippen molar-refractivity contribution in [2.45, 2.75) is 20.3 Å². The Morgan fingerprint density at radius 2 is 2.21 bits per heavy atom. The number of hydrogen-bond donors (Lipinski definition) is 1. The quantitative estimate of drug-likeness (QED) is 0.613. The van der Waals surface area contributed by atoms with Crippen molar-refractivity contribution in [1.29, 1.82) is 0 Å². The molecule has 0 amide bonds. The van der Waals surface area contributed by atoms with Crippen LogP contribution < -0.4 is 5.32 Å². The van der Waals surface area contributed by atoms with Gasteiger partial charge in [-0.15, -0.1) is 0 Å². The zero-order valence-corrected chi connectivity index (χ0v) is 12.9. The van der Waals surface area contributed by atoms with Gasteiger partial charge >= 0.3 is 5.69 Å². The van der Waals surface area contributed by atoms with Crippen molar-refractivity contribution in [3.63, 3.8) is 0 Å². The maximum absolute atomic E-state index is 11.0. The van der Waals surface area contributed by atoms with Crippen molar-refractivity contribution in [1.82, 2.24) is 4.98 Å². The smallest absolute Gasteiger partial charge is 0.311 e. The van der Waals surface area contributed by atoms with E-state index in [1.165, 1.54) is 12.4 Å². The van der Waals surface area contributed by atoms with E-state index in [4.69, 9.17) is 4.74 Å². The summed E-state index contributed by atoms with van der Waals surface area (Å²) in [5.41, 5.74) is 0.412. The number of ether oxygens (including phenoxy) is 1. The number of nitro groups is 1. The highest BCUT2D eigenvalue weighted by Crippen LogP contribution is 2.32. The third kappa shape index (κ3) is 4.76. The van der Waals surface area contributed by atoms with E-state index in [1.54, 1.807) is 7.11 Å². The summed E-state index contributed by atoms with van der Waals surface area (Å²) in [6.07, 6.45) is 3.65. The van der Waals surface area contributed by atoms with Crippen LogP contribution in [0, 0.1) is 15.5 Å². The topological polar surface area (TPSA) is 77.3 Å². The standard InChI is InChI=1S/C12H18BrN3O3/c1-12(2,4-5-19-3)8-15-11-9(13)6-14-7-10(11)16(17)18/h6-7H,4-5,8H2,1-3H3,(H,14,15). The van der Waals surface area contributed by atoms with Crippen molar-refractivity contribution in [3.05, 3.63) is 27.0 Å². The zero-order valence-electron chi connectivity index (χ0n) is 11.3. The summed E-state index contributed by atoms with van der Waals surface area (Å²) in [6.45, 7) is 5.44. The Kier molecular flexibility index (Phi) is 5.68. The van der Waals surface area contributed by atoms with E-state index in [0.29, 0.717) is 23.3 Å². The van der Waals surface area contributed by atoms with Crippen LogP contribution in [0.4, 0.5) is 11.4 Å². The number of pyridine rings is 1. The predicted octanol–water partition coefficient (Wildman–Crippen LogP) is 3.23.